The van der Waals surface area contributed by atoms with Gasteiger partial charge in [-0.1, -0.05) is 0 Å². The van der Waals surface area contributed by atoms with E-state index in [0.717, 1.165) is 24.6 Å². The predicted molar refractivity (Wildman–Crippen MR) is 68.9 cm³/mol. The summed E-state index contributed by atoms with van der Waals surface area (Å²) in [5, 5.41) is 17.0. The fraction of sp³-hybridized carbons (Fsp3) is 0.250. The summed E-state index contributed by atoms with van der Waals surface area (Å²) in [6, 6.07) is 5.05. The molecule has 0 amide bonds. The molecule has 1 aromatic heterocycles. The van der Waals surface area contributed by atoms with Crippen LogP contribution in [0.15, 0.2) is 24.5 Å². The number of hydrogen-bond acceptors (Lipinski definition) is 5. The number of benzene rings is 1. The van der Waals surface area contributed by atoms with Crippen LogP contribution < -0.4 is 10.6 Å². The summed E-state index contributed by atoms with van der Waals surface area (Å²) >= 11 is 0. The minimum absolute atomic E-state index is 0.129. The van der Waals surface area contributed by atoms with E-state index in [0.29, 0.717) is 6.54 Å². The number of anilines is 2. The Morgan fingerprint density at radius 1 is 1.37 bits per heavy atom. The lowest BCUT2D eigenvalue weighted by atomic mass is 10.1. The van der Waals surface area contributed by atoms with E-state index in [-0.39, 0.29) is 11.3 Å². The molecule has 98 valence electrons. The largest absolute Gasteiger partial charge is 0.478 e. The first-order valence-electron chi connectivity index (χ1n) is 5.89. The molecule has 0 aliphatic carbocycles. The van der Waals surface area contributed by atoms with Gasteiger partial charge in [-0.3, -0.25) is 0 Å². The molecule has 2 heterocycles. The standard InChI is InChI=1S/C12H13N5O2/c13-10-2-1-8(5-9(10)12(18)19)16-3-4-17-7-14-15-11(17)6-16/h1-2,5,7H,3-4,6,13H2,(H,18,19). The van der Waals surface area contributed by atoms with E-state index in [1.54, 1.807) is 18.5 Å². The number of hydrogen-bond donors (Lipinski definition) is 2. The normalized spacial score (nSPS) is 14.2. The summed E-state index contributed by atoms with van der Waals surface area (Å²) in [7, 11) is 0. The van der Waals surface area contributed by atoms with E-state index in [4.69, 9.17) is 10.8 Å². The Kier molecular flexibility index (Phi) is 2.59. The van der Waals surface area contributed by atoms with Crippen LogP contribution in [-0.4, -0.2) is 32.4 Å². The zero-order valence-corrected chi connectivity index (χ0v) is 10.2. The van der Waals surface area contributed by atoms with Crippen molar-refractivity contribution in [1.82, 2.24) is 14.8 Å². The fourth-order valence-corrected chi connectivity index (χ4v) is 2.21. The van der Waals surface area contributed by atoms with Gasteiger partial charge in [0.2, 0.25) is 0 Å². The van der Waals surface area contributed by atoms with Crippen LogP contribution >= 0.6 is 0 Å². The van der Waals surface area contributed by atoms with Gasteiger partial charge in [0, 0.05) is 24.5 Å². The van der Waals surface area contributed by atoms with Crippen molar-refractivity contribution in [3.8, 4) is 0 Å². The summed E-state index contributed by atoms with van der Waals surface area (Å²) in [4.78, 5) is 13.2. The van der Waals surface area contributed by atoms with Crippen LogP contribution in [0.25, 0.3) is 0 Å². The molecular formula is C12H13N5O2. The molecule has 0 unspecified atom stereocenters. The third-order valence-corrected chi connectivity index (χ3v) is 3.27. The van der Waals surface area contributed by atoms with Gasteiger partial charge in [0.1, 0.15) is 6.33 Å². The molecule has 1 aliphatic rings. The highest BCUT2D eigenvalue weighted by molar-refractivity contribution is 5.94. The van der Waals surface area contributed by atoms with E-state index in [1.807, 2.05) is 10.6 Å². The minimum Gasteiger partial charge on any atom is -0.478 e. The van der Waals surface area contributed by atoms with Gasteiger partial charge in [-0.25, -0.2) is 4.79 Å². The molecular weight excluding hydrogens is 246 g/mol. The number of carbonyl (C=O) groups is 1. The number of rotatable bonds is 2. The Bertz CT molecular complexity index is 637. The van der Waals surface area contributed by atoms with Gasteiger partial charge >= 0.3 is 5.97 Å². The molecule has 1 aliphatic heterocycles. The molecule has 0 saturated heterocycles. The van der Waals surface area contributed by atoms with E-state index in [9.17, 15) is 4.79 Å². The molecule has 7 heteroatoms. The lowest BCUT2D eigenvalue weighted by Gasteiger charge is -2.29. The summed E-state index contributed by atoms with van der Waals surface area (Å²) in [6.45, 7) is 2.19. The van der Waals surface area contributed by atoms with Gasteiger partial charge in [-0.15, -0.1) is 10.2 Å². The van der Waals surface area contributed by atoms with E-state index >= 15 is 0 Å². The van der Waals surface area contributed by atoms with Gasteiger partial charge in [0.05, 0.1) is 12.1 Å². The van der Waals surface area contributed by atoms with Crippen LogP contribution in [0, 0.1) is 0 Å². The molecule has 3 rings (SSSR count). The maximum absolute atomic E-state index is 11.1. The van der Waals surface area contributed by atoms with Crippen LogP contribution in [0.4, 0.5) is 11.4 Å². The Balaban J connectivity index is 1.92. The smallest absolute Gasteiger partial charge is 0.337 e. The van der Waals surface area contributed by atoms with Gasteiger partial charge in [0.15, 0.2) is 5.82 Å². The Morgan fingerprint density at radius 3 is 3.00 bits per heavy atom. The number of nitrogen functional groups attached to an aromatic ring is 1. The SMILES string of the molecule is Nc1ccc(N2CCn3cnnc3C2)cc1C(=O)O. The molecule has 2 aromatic rings. The van der Waals surface area contributed by atoms with E-state index in [2.05, 4.69) is 15.1 Å². The number of carboxylic acid groups (broad SMARTS) is 1. The Labute approximate surface area is 109 Å². The summed E-state index contributed by atoms with van der Waals surface area (Å²) in [6.07, 6.45) is 1.71. The zero-order chi connectivity index (χ0) is 13.4. The van der Waals surface area contributed by atoms with Crippen molar-refractivity contribution in [2.75, 3.05) is 17.2 Å². The first-order valence-corrected chi connectivity index (χ1v) is 5.89. The number of nitrogens with two attached hydrogens (primary N) is 1. The topological polar surface area (TPSA) is 97.3 Å². The van der Waals surface area contributed by atoms with Crippen molar-refractivity contribution >= 4 is 17.3 Å². The molecule has 0 saturated carbocycles. The predicted octanol–water partition coefficient (Wildman–Crippen LogP) is 0.579. The molecule has 0 spiro atoms. The monoisotopic (exact) mass is 259 g/mol. The second kappa shape index (κ2) is 4.27. The first-order chi connectivity index (χ1) is 9.15. The average Bonchev–Trinajstić information content (AvgIpc) is 2.86. The third-order valence-electron chi connectivity index (χ3n) is 3.27. The van der Waals surface area contributed by atoms with Crippen molar-refractivity contribution in [3.05, 3.63) is 35.9 Å². The van der Waals surface area contributed by atoms with Crippen molar-refractivity contribution in [3.63, 3.8) is 0 Å². The highest BCUT2D eigenvalue weighted by Gasteiger charge is 2.19. The van der Waals surface area contributed by atoms with Crippen molar-refractivity contribution < 1.29 is 9.90 Å². The summed E-state index contributed by atoms with van der Waals surface area (Å²) < 4.78 is 1.99. The van der Waals surface area contributed by atoms with Crippen LogP contribution in [0.1, 0.15) is 16.2 Å². The quantitative estimate of drug-likeness (QED) is 0.766. The summed E-state index contributed by atoms with van der Waals surface area (Å²) in [5.74, 6) is -0.139. The Morgan fingerprint density at radius 2 is 2.21 bits per heavy atom. The number of fused-ring (bicyclic) bond motifs is 1. The highest BCUT2D eigenvalue weighted by Crippen LogP contribution is 2.24. The number of carboxylic acids is 1. The summed E-state index contributed by atoms with van der Waals surface area (Å²) in [5.41, 5.74) is 6.89. The number of aromatic nitrogens is 3. The van der Waals surface area contributed by atoms with Crippen molar-refractivity contribution in [2.45, 2.75) is 13.1 Å². The molecule has 3 N–H and O–H groups in total. The molecule has 0 bridgehead atoms. The minimum atomic E-state index is -1.01. The van der Waals surface area contributed by atoms with Crippen molar-refractivity contribution in [1.29, 1.82) is 0 Å². The van der Waals surface area contributed by atoms with Crippen LogP contribution in [0.2, 0.25) is 0 Å². The zero-order valence-electron chi connectivity index (χ0n) is 10.2. The molecule has 1 aromatic carbocycles. The average molecular weight is 259 g/mol. The molecule has 0 atom stereocenters. The van der Waals surface area contributed by atoms with Gasteiger partial charge < -0.3 is 20.3 Å². The number of nitrogens with zero attached hydrogens (tertiary/aromatic N) is 4. The lowest BCUT2D eigenvalue weighted by molar-refractivity contribution is 0.0698. The van der Waals surface area contributed by atoms with E-state index in [1.165, 1.54) is 0 Å². The number of aromatic carboxylic acids is 1. The second-order valence-electron chi connectivity index (χ2n) is 4.44. The van der Waals surface area contributed by atoms with E-state index < -0.39 is 5.97 Å². The molecule has 0 radical (unpaired) electrons. The second-order valence-corrected chi connectivity index (χ2v) is 4.44. The first kappa shape index (κ1) is 11.5. The Hall–Kier alpha value is -2.57. The molecule has 7 nitrogen and oxygen atoms in total. The van der Waals surface area contributed by atoms with Crippen molar-refractivity contribution in [2.24, 2.45) is 0 Å². The maximum atomic E-state index is 11.1. The van der Waals surface area contributed by atoms with Crippen LogP contribution in [0.5, 0.6) is 0 Å². The maximum Gasteiger partial charge on any atom is 0.337 e. The molecule has 19 heavy (non-hydrogen) atoms. The third kappa shape index (κ3) is 1.99. The fourth-order valence-electron chi connectivity index (χ4n) is 2.21. The van der Waals surface area contributed by atoms with Gasteiger partial charge in [-0.2, -0.15) is 0 Å². The highest BCUT2D eigenvalue weighted by atomic mass is 16.4. The molecule has 0 fully saturated rings. The van der Waals surface area contributed by atoms with Gasteiger partial charge in [0.25, 0.3) is 0 Å². The lowest BCUT2D eigenvalue weighted by Crippen LogP contribution is -2.33. The van der Waals surface area contributed by atoms with Gasteiger partial charge in [-0.05, 0) is 18.2 Å². The van der Waals surface area contributed by atoms with Crippen LogP contribution in [-0.2, 0) is 13.1 Å². The van der Waals surface area contributed by atoms with Crippen LogP contribution in [0.3, 0.4) is 0 Å².